The van der Waals surface area contributed by atoms with Crippen molar-refractivity contribution in [2.75, 3.05) is 30.8 Å². The van der Waals surface area contributed by atoms with Gasteiger partial charge in [-0.3, -0.25) is 5.32 Å². The van der Waals surface area contributed by atoms with Crippen LogP contribution < -0.4 is 10.6 Å². The summed E-state index contributed by atoms with van der Waals surface area (Å²) in [6, 6.07) is 6.86. The predicted molar refractivity (Wildman–Crippen MR) is 86.0 cm³/mol. The standard InChI is InChI=1S/C16H23N3O3/c1-11-8-12(2)10-19(9-11)15(20)17-13-4-6-14(7-5-13)18-16(21)22-3/h4-7,11-12H,8-10H2,1-3H3,(H,17,20)(H,18,21). The molecule has 1 aliphatic rings. The van der Waals surface area contributed by atoms with Gasteiger partial charge in [-0.05, 0) is 42.5 Å². The van der Waals surface area contributed by atoms with Gasteiger partial charge in [-0.1, -0.05) is 13.8 Å². The van der Waals surface area contributed by atoms with Gasteiger partial charge in [0.25, 0.3) is 0 Å². The SMILES string of the molecule is COC(=O)Nc1ccc(NC(=O)N2CC(C)CC(C)C2)cc1. The van der Waals surface area contributed by atoms with E-state index in [1.54, 1.807) is 24.3 Å². The van der Waals surface area contributed by atoms with Crippen LogP contribution in [-0.4, -0.2) is 37.2 Å². The molecule has 0 bridgehead atoms. The third-order valence-electron chi connectivity index (χ3n) is 3.72. The second-order valence-corrected chi connectivity index (χ2v) is 5.98. The molecule has 1 heterocycles. The van der Waals surface area contributed by atoms with E-state index in [-0.39, 0.29) is 6.03 Å². The minimum atomic E-state index is -0.520. The summed E-state index contributed by atoms with van der Waals surface area (Å²) in [5.74, 6) is 1.06. The van der Waals surface area contributed by atoms with E-state index in [1.165, 1.54) is 7.11 Å². The van der Waals surface area contributed by atoms with Crippen LogP contribution in [0.2, 0.25) is 0 Å². The first-order valence-electron chi connectivity index (χ1n) is 7.49. The number of rotatable bonds is 2. The van der Waals surface area contributed by atoms with Crippen LogP contribution in [0.5, 0.6) is 0 Å². The van der Waals surface area contributed by atoms with E-state index in [0.717, 1.165) is 19.5 Å². The van der Waals surface area contributed by atoms with Gasteiger partial charge in [0.1, 0.15) is 0 Å². The highest BCUT2D eigenvalue weighted by Crippen LogP contribution is 2.22. The number of hydrogen-bond donors (Lipinski definition) is 2. The zero-order chi connectivity index (χ0) is 16.1. The Balaban J connectivity index is 1.92. The molecule has 0 aliphatic carbocycles. The average Bonchev–Trinajstić information content (AvgIpc) is 2.48. The number of hydrogen-bond acceptors (Lipinski definition) is 3. The van der Waals surface area contributed by atoms with Crippen molar-refractivity contribution >= 4 is 23.5 Å². The molecule has 2 unspecified atom stereocenters. The van der Waals surface area contributed by atoms with E-state index in [9.17, 15) is 9.59 Å². The molecular weight excluding hydrogens is 282 g/mol. The molecule has 6 heteroatoms. The molecule has 1 aliphatic heterocycles. The van der Waals surface area contributed by atoms with Gasteiger partial charge < -0.3 is 15.0 Å². The van der Waals surface area contributed by atoms with Crippen LogP contribution in [0.1, 0.15) is 20.3 Å². The Morgan fingerprint density at radius 1 is 1.05 bits per heavy atom. The minimum absolute atomic E-state index is 0.0768. The number of urea groups is 1. The Morgan fingerprint density at radius 2 is 1.55 bits per heavy atom. The van der Waals surface area contributed by atoms with Gasteiger partial charge in [-0.15, -0.1) is 0 Å². The minimum Gasteiger partial charge on any atom is -0.453 e. The van der Waals surface area contributed by atoms with Gasteiger partial charge in [0.2, 0.25) is 0 Å². The van der Waals surface area contributed by atoms with E-state index in [0.29, 0.717) is 23.2 Å². The Kier molecular flexibility index (Phi) is 5.25. The summed E-state index contributed by atoms with van der Waals surface area (Å²) in [6.45, 7) is 5.92. The number of carbonyl (C=O) groups is 2. The molecule has 0 radical (unpaired) electrons. The van der Waals surface area contributed by atoms with Crippen LogP contribution in [0, 0.1) is 11.8 Å². The Labute approximate surface area is 130 Å². The molecule has 22 heavy (non-hydrogen) atoms. The third-order valence-corrected chi connectivity index (χ3v) is 3.72. The molecule has 0 saturated carbocycles. The number of amides is 3. The van der Waals surface area contributed by atoms with Crippen molar-refractivity contribution in [3.63, 3.8) is 0 Å². The number of likely N-dealkylation sites (tertiary alicyclic amines) is 1. The second kappa shape index (κ2) is 7.15. The lowest BCUT2D eigenvalue weighted by Crippen LogP contribution is -2.44. The number of ether oxygens (including phenoxy) is 1. The maximum Gasteiger partial charge on any atom is 0.411 e. The maximum absolute atomic E-state index is 12.3. The molecule has 2 rings (SSSR count). The zero-order valence-corrected chi connectivity index (χ0v) is 13.3. The molecule has 2 N–H and O–H groups in total. The van der Waals surface area contributed by atoms with Crippen LogP contribution in [-0.2, 0) is 4.74 Å². The highest BCUT2D eigenvalue weighted by molar-refractivity contribution is 5.90. The van der Waals surface area contributed by atoms with Crippen molar-refractivity contribution in [2.45, 2.75) is 20.3 Å². The van der Waals surface area contributed by atoms with E-state index in [1.807, 2.05) is 4.90 Å². The average molecular weight is 305 g/mol. The first-order chi connectivity index (χ1) is 10.5. The van der Waals surface area contributed by atoms with Crippen LogP contribution in [0.3, 0.4) is 0 Å². The van der Waals surface area contributed by atoms with Crippen LogP contribution >= 0.6 is 0 Å². The van der Waals surface area contributed by atoms with Crippen molar-refractivity contribution in [2.24, 2.45) is 11.8 Å². The monoisotopic (exact) mass is 305 g/mol. The molecule has 6 nitrogen and oxygen atoms in total. The van der Waals surface area contributed by atoms with Crippen molar-refractivity contribution in [3.05, 3.63) is 24.3 Å². The number of nitrogens with zero attached hydrogens (tertiary/aromatic N) is 1. The predicted octanol–water partition coefficient (Wildman–Crippen LogP) is 3.37. The van der Waals surface area contributed by atoms with E-state index < -0.39 is 6.09 Å². The first kappa shape index (κ1) is 16.1. The molecular formula is C16H23N3O3. The van der Waals surface area contributed by atoms with Gasteiger partial charge in [0.05, 0.1) is 7.11 Å². The molecule has 1 aromatic carbocycles. The van der Waals surface area contributed by atoms with Crippen molar-refractivity contribution in [1.29, 1.82) is 0 Å². The molecule has 1 aromatic rings. The van der Waals surface area contributed by atoms with Gasteiger partial charge >= 0.3 is 12.1 Å². The number of carbonyl (C=O) groups excluding carboxylic acids is 2. The first-order valence-corrected chi connectivity index (χ1v) is 7.49. The van der Waals surface area contributed by atoms with Crippen molar-refractivity contribution in [1.82, 2.24) is 4.90 Å². The lowest BCUT2D eigenvalue weighted by atomic mass is 9.92. The summed E-state index contributed by atoms with van der Waals surface area (Å²) in [5.41, 5.74) is 1.32. The Hall–Kier alpha value is -2.24. The maximum atomic E-state index is 12.3. The van der Waals surface area contributed by atoms with Gasteiger partial charge in [-0.2, -0.15) is 0 Å². The summed E-state index contributed by atoms with van der Waals surface area (Å²) < 4.78 is 4.52. The number of benzene rings is 1. The highest BCUT2D eigenvalue weighted by Gasteiger charge is 2.25. The normalized spacial score (nSPS) is 21.1. The zero-order valence-electron chi connectivity index (χ0n) is 13.3. The summed E-state index contributed by atoms with van der Waals surface area (Å²) in [4.78, 5) is 25.3. The number of piperidine rings is 1. The number of methoxy groups -OCH3 is 1. The largest absolute Gasteiger partial charge is 0.453 e. The van der Waals surface area contributed by atoms with Crippen molar-refractivity contribution < 1.29 is 14.3 Å². The van der Waals surface area contributed by atoms with Gasteiger partial charge in [0, 0.05) is 24.5 Å². The lowest BCUT2D eigenvalue weighted by Gasteiger charge is -2.34. The Morgan fingerprint density at radius 3 is 2.05 bits per heavy atom. The smallest absolute Gasteiger partial charge is 0.411 e. The third kappa shape index (κ3) is 4.38. The molecule has 3 amide bonds. The number of anilines is 2. The van der Waals surface area contributed by atoms with Gasteiger partial charge in [0.15, 0.2) is 0 Å². The quantitative estimate of drug-likeness (QED) is 0.880. The lowest BCUT2D eigenvalue weighted by molar-refractivity contribution is 0.156. The molecule has 0 spiro atoms. The summed E-state index contributed by atoms with van der Waals surface area (Å²) in [5, 5.41) is 5.45. The van der Waals surface area contributed by atoms with Crippen molar-refractivity contribution in [3.8, 4) is 0 Å². The molecule has 1 saturated heterocycles. The Bertz CT molecular complexity index is 520. The van der Waals surface area contributed by atoms with E-state index in [2.05, 4.69) is 29.2 Å². The molecule has 1 fully saturated rings. The summed E-state index contributed by atoms with van der Waals surface area (Å²) in [7, 11) is 1.31. The fourth-order valence-corrected chi connectivity index (χ4v) is 2.84. The topological polar surface area (TPSA) is 70.7 Å². The summed E-state index contributed by atoms with van der Waals surface area (Å²) in [6.07, 6.45) is 0.644. The second-order valence-electron chi connectivity index (χ2n) is 5.98. The highest BCUT2D eigenvalue weighted by atomic mass is 16.5. The fraction of sp³-hybridized carbons (Fsp3) is 0.500. The fourth-order valence-electron chi connectivity index (χ4n) is 2.84. The van der Waals surface area contributed by atoms with E-state index in [4.69, 9.17) is 0 Å². The van der Waals surface area contributed by atoms with Gasteiger partial charge in [-0.25, -0.2) is 9.59 Å². The molecule has 0 aromatic heterocycles. The number of nitrogens with one attached hydrogen (secondary N) is 2. The van der Waals surface area contributed by atoms with Crippen LogP contribution in [0.25, 0.3) is 0 Å². The summed E-state index contributed by atoms with van der Waals surface area (Å²) >= 11 is 0. The molecule has 2 atom stereocenters. The van der Waals surface area contributed by atoms with Crippen LogP contribution in [0.4, 0.5) is 21.0 Å². The van der Waals surface area contributed by atoms with Crippen LogP contribution in [0.15, 0.2) is 24.3 Å². The van der Waals surface area contributed by atoms with E-state index >= 15 is 0 Å². The molecule has 120 valence electrons.